The number of aromatic amines is 1. The number of nitrogens with one attached hydrogen (secondary N) is 1. The summed E-state index contributed by atoms with van der Waals surface area (Å²) in [5.41, 5.74) is 1.12. The maximum atomic E-state index is 13.0. The van der Waals surface area contributed by atoms with Crippen molar-refractivity contribution in [1.82, 2.24) is 14.5 Å². The summed E-state index contributed by atoms with van der Waals surface area (Å²) in [6, 6.07) is 9.42. The Morgan fingerprint density at radius 2 is 2.04 bits per heavy atom. The van der Waals surface area contributed by atoms with E-state index >= 15 is 0 Å². The minimum absolute atomic E-state index is 0.227. The molecule has 7 nitrogen and oxygen atoms in total. The molecule has 1 aromatic carbocycles. The third-order valence-electron chi connectivity index (χ3n) is 4.69. The molecule has 1 N–H and O–H groups in total. The third-order valence-corrected chi connectivity index (χ3v) is 5.82. The molecule has 140 valence electrons. The summed E-state index contributed by atoms with van der Waals surface area (Å²) in [6.45, 7) is 3.21. The van der Waals surface area contributed by atoms with Crippen LogP contribution in [-0.4, -0.2) is 33.7 Å². The van der Waals surface area contributed by atoms with E-state index in [0.717, 1.165) is 16.0 Å². The lowest BCUT2D eigenvalue weighted by molar-refractivity contribution is 0.103. The van der Waals surface area contributed by atoms with Gasteiger partial charge in [-0.05, 0) is 24.5 Å². The maximum Gasteiger partial charge on any atom is 0.410 e. The highest BCUT2D eigenvalue weighted by Crippen LogP contribution is 2.32. The summed E-state index contributed by atoms with van der Waals surface area (Å²) in [5.74, 6) is 0. The minimum atomic E-state index is -0.419. The van der Waals surface area contributed by atoms with Gasteiger partial charge in [0.1, 0.15) is 4.83 Å². The van der Waals surface area contributed by atoms with Gasteiger partial charge in [0.25, 0.3) is 5.56 Å². The molecule has 8 heteroatoms. The summed E-state index contributed by atoms with van der Waals surface area (Å²) in [7, 11) is 0. The predicted octanol–water partition coefficient (Wildman–Crippen LogP) is 2.31. The molecule has 0 bridgehead atoms. The second-order valence-corrected chi connectivity index (χ2v) is 7.49. The molecule has 0 spiro atoms. The van der Waals surface area contributed by atoms with Gasteiger partial charge in [0.05, 0.1) is 25.1 Å². The molecule has 1 amide bonds. The number of rotatable bonds is 3. The van der Waals surface area contributed by atoms with Crippen molar-refractivity contribution in [2.45, 2.75) is 26.4 Å². The second kappa shape index (κ2) is 7.03. The second-order valence-electron chi connectivity index (χ2n) is 6.39. The zero-order chi connectivity index (χ0) is 19.0. The van der Waals surface area contributed by atoms with Gasteiger partial charge in [0.15, 0.2) is 0 Å². The van der Waals surface area contributed by atoms with E-state index in [2.05, 4.69) is 4.98 Å². The first-order valence-electron chi connectivity index (χ1n) is 8.81. The number of H-pyrrole nitrogens is 1. The van der Waals surface area contributed by atoms with Crippen LogP contribution >= 0.6 is 11.3 Å². The smallest absolute Gasteiger partial charge is 0.410 e. The number of fused-ring (bicyclic) bond motifs is 3. The number of benzene rings is 1. The lowest BCUT2D eigenvalue weighted by Crippen LogP contribution is -2.37. The molecule has 0 unspecified atom stereocenters. The zero-order valence-corrected chi connectivity index (χ0v) is 15.7. The van der Waals surface area contributed by atoms with Gasteiger partial charge in [0.2, 0.25) is 0 Å². The minimum Gasteiger partial charge on any atom is -0.450 e. The molecule has 0 radical (unpaired) electrons. The lowest BCUT2D eigenvalue weighted by atomic mass is 10.1. The van der Waals surface area contributed by atoms with Crippen LogP contribution in [0.4, 0.5) is 4.79 Å². The standard InChI is InChI=1S/C19H19N3O4S/c1-2-26-19(25)21-9-8-13-14(11-21)27-16-15(13)17(23)22(18(24)20-16)10-12-6-4-3-5-7-12/h3-7H,2,8-11H2,1H3,(H,20,24). The molecule has 0 aliphatic carbocycles. The Morgan fingerprint density at radius 3 is 2.78 bits per heavy atom. The number of thiophene rings is 1. The summed E-state index contributed by atoms with van der Waals surface area (Å²) in [6.07, 6.45) is 0.219. The number of hydrogen-bond acceptors (Lipinski definition) is 5. The Labute approximate surface area is 158 Å². The van der Waals surface area contributed by atoms with Crippen molar-refractivity contribution in [1.29, 1.82) is 0 Å². The zero-order valence-electron chi connectivity index (χ0n) is 14.9. The van der Waals surface area contributed by atoms with E-state index in [9.17, 15) is 14.4 Å². The molecule has 4 rings (SSSR count). The third kappa shape index (κ3) is 3.16. The van der Waals surface area contributed by atoms with Crippen LogP contribution in [-0.2, 0) is 24.2 Å². The van der Waals surface area contributed by atoms with Crippen molar-refractivity contribution in [2.75, 3.05) is 13.2 Å². The first-order valence-corrected chi connectivity index (χ1v) is 9.63. The van der Waals surface area contributed by atoms with Gasteiger partial charge < -0.3 is 9.64 Å². The van der Waals surface area contributed by atoms with Crippen molar-refractivity contribution >= 4 is 27.6 Å². The Morgan fingerprint density at radius 1 is 1.26 bits per heavy atom. The van der Waals surface area contributed by atoms with Crippen LogP contribution in [0, 0.1) is 0 Å². The highest BCUT2D eigenvalue weighted by molar-refractivity contribution is 7.18. The van der Waals surface area contributed by atoms with E-state index in [-0.39, 0.29) is 18.2 Å². The monoisotopic (exact) mass is 385 g/mol. The highest BCUT2D eigenvalue weighted by atomic mass is 32.1. The molecule has 0 saturated heterocycles. The fraction of sp³-hybridized carbons (Fsp3) is 0.316. The Balaban J connectivity index is 1.75. The molecule has 27 heavy (non-hydrogen) atoms. The van der Waals surface area contributed by atoms with Gasteiger partial charge in [-0.1, -0.05) is 30.3 Å². The van der Waals surface area contributed by atoms with E-state index in [1.165, 1.54) is 15.9 Å². The number of ether oxygens (including phenoxy) is 1. The summed E-state index contributed by atoms with van der Waals surface area (Å²) in [4.78, 5) is 43.5. The highest BCUT2D eigenvalue weighted by Gasteiger charge is 2.27. The Kier molecular flexibility index (Phi) is 4.57. The van der Waals surface area contributed by atoms with Crippen molar-refractivity contribution < 1.29 is 9.53 Å². The summed E-state index contributed by atoms with van der Waals surface area (Å²) >= 11 is 1.36. The van der Waals surface area contributed by atoms with Gasteiger partial charge in [-0.25, -0.2) is 9.59 Å². The van der Waals surface area contributed by atoms with Crippen molar-refractivity contribution in [2.24, 2.45) is 0 Å². The van der Waals surface area contributed by atoms with Gasteiger partial charge in [0, 0.05) is 11.4 Å². The number of carbonyl (C=O) groups excluding carboxylic acids is 1. The normalized spacial score (nSPS) is 13.6. The van der Waals surface area contributed by atoms with E-state index < -0.39 is 5.69 Å². The van der Waals surface area contributed by atoms with Crippen molar-refractivity contribution in [3.8, 4) is 0 Å². The number of hydrogen-bond donors (Lipinski definition) is 1. The molecule has 0 saturated carbocycles. The molecule has 3 aromatic rings. The van der Waals surface area contributed by atoms with Crippen LogP contribution in [0.5, 0.6) is 0 Å². The van der Waals surface area contributed by atoms with Gasteiger partial charge in [-0.3, -0.25) is 14.3 Å². The topological polar surface area (TPSA) is 84.4 Å². The number of carbonyl (C=O) groups is 1. The van der Waals surface area contributed by atoms with E-state index in [1.807, 2.05) is 30.3 Å². The molecule has 1 aliphatic rings. The predicted molar refractivity (Wildman–Crippen MR) is 103 cm³/mol. The molecule has 2 aromatic heterocycles. The number of nitrogens with zero attached hydrogens (tertiary/aromatic N) is 2. The average molecular weight is 385 g/mol. The molecule has 3 heterocycles. The van der Waals surface area contributed by atoms with Crippen molar-refractivity contribution in [3.63, 3.8) is 0 Å². The van der Waals surface area contributed by atoms with Gasteiger partial charge in [-0.2, -0.15) is 0 Å². The van der Waals surface area contributed by atoms with E-state index in [0.29, 0.717) is 36.3 Å². The number of amides is 1. The van der Waals surface area contributed by atoms with Crippen LogP contribution in [0.3, 0.4) is 0 Å². The quantitative estimate of drug-likeness (QED) is 0.750. The van der Waals surface area contributed by atoms with Crippen LogP contribution in [0.2, 0.25) is 0 Å². The first kappa shape index (κ1) is 17.5. The fourth-order valence-electron chi connectivity index (χ4n) is 3.39. The summed E-state index contributed by atoms with van der Waals surface area (Å²) in [5, 5.41) is 0.564. The van der Waals surface area contributed by atoms with E-state index in [1.54, 1.807) is 11.8 Å². The van der Waals surface area contributed by atoms with Gasteiger partial charge >= 0.3 is 11.8 Å². The van der Waals surface area contributed by atoms with E-state index in [4.69, 9.17) is 4.74 Å². The largest absolute Gasteiger partial charge is 0.450 e. The Bertz CT molecular complexity index is 1110. The van der Waals surface area contributed by atoms with Crippen LogP contribution < -0.4 is 11.2 Å². The molecular weight excluding hydrogens is 366 g/mol. The lowest BCUT2D eigenvalue weighted by Gasteiger charge is -2.25. The molecule has 0 fully saturated rings. The maximum absolute atomic E-state index is 13.0. The average Bonchev–Trinajstić information content (AvgIpc) is 3.03. The van der Waals surface area contributed by atoms with Crippen LogP contribution in [0.25, 0.3) is 10.2 Å². The fourth-order valence-corrected chi connectivity index (χ4v) is 4.63. The summed E-state index contributed by atoms with van der Waals surface area (Å²) < 4.78 is 6.31. The van der Waals surface area contributed by atoms with Crippen LogP contribution in [0.1, 0.15) is 22.9 Å². The van der Waals surface area contributed by atoms with Crippen LogP contribution in [0.15, 0.2) is 39.9 Å². The first-order chi connectivity index (χ1) is 13.1. The molecule has 1 aliphatic heterocycles. The Hall–Kier alpha value is -2.87. The van der Waals surface area contributed by atoms with Gasteiger partial charge in [-0.15, -0.1) is 11.3 Å². The SMILES string of the molecule is CCOC(=O)N1CCc2c(sc3[nH]c(=O)n(Cc4ccccc4)c(=O)c23)C1. The van der Waals surface area contributed by atoms with Crippen molar-refractivity contribution in [3.05, 3.63) is 67.2 Å². The molecular formula is C19H19N3O4S. The molecule has 0 atom stereocenters. The number of aromatic nitrogens is 2.